The molecule has 0 saturated heterocycles. The number of hydrogen-bond acceptors (Lipinski definition) is 6. The van der Waals surface area contributed by atoms with Crippen molar-refractivity contribution < 1.29 is 9.47 Å². The first-order chi connectivity index (χ1) is 14.5. The molecule has 0 radical (unpaired) electrons. The monoisotopic (exact) mass is 399 g/mol. The van der Waals surface area contributed by atoms with E-state index in [0.29, 0.717) is 11.3 Å². The molecular formula is C23H21N5O2. The number of H-pyrrole nitrogens is 1. The van der Waals surface area contributed by atoms with Crippen LogP contribution < -0.4 is 9.47 Å². The third-order valence-corrected chi connectivity index (χ3v) is 5.07. The smallest absolute Gasteiger partial charge is 0.123 e. The Morgan fingerprint density at radius 2 is 1.93 bits per heavy atom. The minimum Gasteiger partial charge on any atom is -0.497 e. The summed E-state index contributed by atoms with van der Waals surface area (Å²) in [4.78, 5) is 0. The Kier molecular flexibility index (Phi) is 5.07. The number of rotatable bonds is 5. The Bertz CT molecular complexity index is 1250. The van der Waals surface area contributed by atoms with Crippen molar-refractivity contribution in [2.75, 3.05) is 7.11 Å². The van der Waals surface area contributed by atoms with Crippen LogP contribution in [0.5, 0.6) is 11.5 Å². The SMILES string of the molecule is COc1cc(C#N)cc(-c2n[nH]c3ccc(O[C@@H](C)c4c(C)cnnc4C)cc23)c1. The fraction of sp³-hybridized carbons (Fsp3) is 0.217. The first kappa shape index (κ1) is 19.4. The van der Waals surface area contributed by atoms with Gasteiger partial charge in [-0.05, 0) is 62.7 Å². The zero-order chi connectivity index (χ0) is 21.3. The van der Waals surface area contributed by atoms with E-state index in [1.807, 2.05) is 45.0 Å². The van der Waals surface area contributed by atoms with Crippen LogP contribution in [0.15, 0.2) is 42.6 Å². The Morgan fingerprint density at radius 3 is 2.67 bits per heavy atom. The summed E-state index contributed by atoms with van der Waals surface area (Å²) in [6.45, 7) is 5.94. The average Bonchev–Trinajstić information content (AvgIpc) is 3.16. The summed E-state index contributed by atoms with van der Waals surface area (Å²) >= 11 is 0. The van der Waals surface area contributed by atoms with Crippen LogP contribution in [-0.2, 0) is 0 Å². The van der Waals surface area contributed by atoms with Crippen molar-refractivity contribution in [3.8, 4) is 28.8 Å². The van der Waals surface area contributed by atoms with Gasteiger partial charge in [0.25, 0.3) is 0 Å². The molecule has 2 heterocycles. The van der Waals surface area contributed by atoms with E-state index in [-0.39, 0.29) is 6.10 Å². The maximum absolute atomic E-state index is 9.33. The molecule has 7 nitrogen and oxygen atoms in total. The number of fused-ring (bicyclic) bond motifs is 1. The van der Waals surface area contributed by atoms with Gasteiger partial charge in [0.2, 0.25) is 0 Å². The highest BCUT2D eigenvalue weighted by molar-refractivity contribution is 5.94. The highest BCUT2D eigenvalue weighted by atomic mass is 16.5. The van der Waals surface area contributed by atoms with Gasteiger partial charge in [0.05, 0.1) is 36.1 Å². The van der Waals surface area contributed by atoms with Gasteiger partial charge in [0.15, 0.2) is 0 Å². The lowest BCUT2D eigenvalue weighted by atomic mass is 10.0. The molecule has 30 heavy (non-hydrogen) atoms. The molecular weight excluding hydrogens is 378 g/mol. The topological polar surface area (TPSA) is 96.7 Å². The zero-order valence-electron chi connectivity index (χ0n) is 17.2. The minimum absolute atomic E-state index is 0.185. The van der Waals surface area contributed by atoms with Crippen molar-refractivity contribution in [1.82, 2.24) is 20.4 Å². The third-order valence-electron chi connectivity index (χ3n) is 5.07. The Labute approximate surface area is 174 Å². The van der Waals surface area contributed by atoms with Crippen LogP contribution >= 0.6 is 0 Å². The molecule has 0 spiro atoms. The number of methoxy groups -OCH3 is 1. The molecule has 2 aromatic heterocycles. The molecule has 0 saturated carbocycles. The second-order valence-electron chi connectivity index (χ2n) is 7.13. The van der Waals surface area contributed by atoms with E-state index < -0.39 is 0 Å². The normalized spacial score (nSPS) is 11.8. The van der Waals surface area contributed by atoms with E-state index in [1.165, 1.54) is 0 Å². The molecule has 4 rings (SSSR count). The molecule has 0 bridgehead atoms. The number of hydrogen-bond donors (Lipinski definition) is 1. The minimum atomic E-state index is -0.185. The van der Waals surface area contributed by atoms with Crippen LogP contribution in [0.4, 0.5) is 0 Å². The van der Waals surface area contributed by atoms with Crippen LogP contribution in [-0.4, -0.2) is 27.5 Å². The fourth-order valence-electron chi connectivity index (χ4n) is 3.69. The van der Waals surface area contributed by atoms with Gasteiger partial charge in [-0.25, -0.2) is 0 Å². The molecule has 0 amide bonds. The second kappa shape index (κ2) is 7.84. The van der Waals surface area contributed by atoms with Gasteiger partial charge < -0.3 is 9.47 Å². The number of aromatic nitrogens is 4. The summed E-state index contributed by atoms with van der Waals surface area (Å²) in [6, 6.07) is 13.3. The lowest BCUT2D eigenvalue weighted by Crippen LogP contribution is -2.09. The number of nitriles is 1. The summed E-state index contributed by atoms with van der Waals surface area (Å²) in [5, 5.41) is 25.9. The summed E-state index contributed by atoms with van der Waals surface area (Å²) in [7, 11) is 1.58. The van der Waals surface area contributed by atoms with Gasteiger partial charge >= 0.3 is 0 Å². The van der Waals surface area contributed by atoms with Crippen molar-refractivity contribution in [2.45, 2.75) is 26.9 Å². The van der Waals surface area contributed by atoms with Crippen molar-refractivity contribution in [3.63, 3.8) is 0 Å². The summed E-state index contributed by atoms with van der Waals surface area (Å²) in [5.41, 5.74) is 5.85. The van der Waals surface area contributed by atoms with E-state index in [2.05, 4.69) is 26.5 Å². The van der Waals surface area contributed by atoms with Gasteiger partial charge in [-0.3, -0.25) is 5.10 Å². The molecule has 4 aromatic rings. The van der Waals surface area contributed by atoms with Crippen molar-refractivity contribution in [2.24, 2.45) is 0 Å². The molecule has 0 unspecified atom stereocenters. The van der Waals surface area contributed by atoms with Gasteiger partial charge in [-0.1, -0.05) is 0 Å². The number of nitrogens with zero attached hydrogens (tertiary/aromatic N) is 4. The summed E-state index contributed by atoms with van der Waals surface area (Å²) in [5.74, 6) is 1.33. The summed E-state index contributed by atoms with van der Waals surface area (Å²) < 4.78 is 11.6. The highest BCUT2D eigenvalue weighted by Gasteiger charge is 2.16. The predicted octanol–water partition coefficient (Wildman–Crippen LogP) is 4.66. The van der Waals surface area contributed by atoms with Gasteiger partial charge in [0.1, 0.15) is 23.3 Å². The zero-order valence-corrected chi connectivity index (χ0v) is 17.2. The first-order valence-corrected chi connectivity index (χ1v) is 9.53. The van der Waals surface area contributed by atoms with E-state index in [1.54, 1.807) is 25.4 Å². The maximum atomic E-state index is 9.33. The highest BCUT2D eigenvalue weighted by Crippen LogP contribution is 2.33. The lowest BCUT2D eigenvalue weighted by molar-refractivity contribution is 0.225. The molecule has 7 heteroatoms. The summed E-state index contributed by atoms with van der Waals surface area (Å²) in [6.07, 6.45) is 1.56. The van der Waals surface area contributed by atoms with Gasteiger partial charge in [0, 0.05) is 16.5 Å². The Hall–Kier alpha value is -3.92. The van der Waals surface area contributed by atoms with Crippen LogP contribution in [0.25, 0.3) is 22.2 Å². The van der Waals surface area contributed by atoms with Crippen LogP contribution in [0.2, 0.25) is 0 Å². The fourth-order valence-corrected chi connectivity index (χ4v) is 3.69. The number of ether oxygens (including phenoxy) is 2. The van der Waals surface area contributed by atoms with Crippen molar-refractivity contribution in [1.29, 1.82) is 5.26 Å². The molecule has 1 atom stereocenters. The molecule has 1 N–H and O–H groups in total. The van der Waals surface area contributed by atoms with E-state index >= 15 is 0 Å². The molecule has 0 fully saturated rings. The van der Waals surface area contributed by atoms with E-state index in [0.717, 1.165) is 44.7 Å². The first-order valence-electron chi connectivity index (χ1n) is 9.53. The number of aromatic amines is 1. The van der Waals surface area contributed by atoms with Crippen LogP contribution in [0.3, 0.4) is 0 Å². The molecule has 2 aromatic carbocycles. The van der Waals surface area contributed by atoms with E-state index in [9.17, 15) is 5.26 Å². The average molecular weight is 399 g/mol. The van der Waals surface area contributed by atoms with Gasteiger partial charge in [-0.15, -0.1) is 0 Å². The van der Waals surface area contributed by atoms with Crippen molar-refractivity contribution in [3.05, 3.63) is 65.0 Å². The van der Waals surface area contributed by atoms with Crippen molar-refractivity contribution >= 4 is 10.9 Å². The second-order valence-corrected chi connectivity index (χ2v) is 7.13. The Balaban J connectivity index is 1.73. The number of benzene rings is 2. The van der Waals surface area contributed by atoms with Crippen LogP contribution in [0, 0.1) is 25.2 Å². The maximum Gasteiger partial charge on any atom is 0.123 e. The molecule has 0 aliphatic heterocycles. The third kappa shape index (κ3) is 3.55. The van der Waals surface area contributed by atoms with Crippen LogP contribution in [0.1, 0.15) is 35.4 Å². The van der Waals surface area contributed by atoms with E-state index in [4.69, 9.17) is 9.47 Å². The molecule has 0 aliphatic carbocycles. The Morgan fingerprint density at radius 1 is 1.10 bits per heavy atom. The quantitative estimate of drug-likeness (QED) is 0.524. The predicted molar refractivity (Wildman–Crippen MR) is 113 cm³/mol. The largest absolute Gasteiger partial charge is 0.497 e. The molecule has 0 aliphatic rings. The number of nitrogens with one attached hydrogen (secondary N) is 1. The number of aryl methyl sites for hydroxylation is 2. The molecule has 150 valence electrons. The lowest BCUT2D eigenvalue weighted by Gasteiger charge is -2.18. The van der Waals surface area contributed by atoms with Gasteiger partial charge in [-0.2, -0.15) is 20.6 Å². The standard InChI is InChI=1S/C23H21N5O2/c1-13-12-25-26-14(2)22(13)15(3)30-18-5-6-21-20(10-18)23(28-27-21)17-7-16(11-24)8-19(9-17)29-4/h5-10,12,15H,1-4H3,(H,27,28)/t15-/m0/s1.